The second kappa shape index (κ2) is 12.2. The van der Waals surface area contributed by atoms with Crippen LogP contribution >= 0.6 is 11.6 Å². The molecule has 2 heterocycles. The lowest BCUT2D eigenvalue weighted by atomic mass is 10.0. The molecule has 1 aliphatic heterocycles. The summed E-state index contributed by atoms with van der Waals surface area (Å²) in [6.07, 6.45) is 6.49. The van der Waals surface area contributed by atoms with E-state index in [0.29, 0.717) is 12.2 Å². The SMILES string of the molecule is COc1cc(C(=O)NC2CCN(C)CC2)c(F)cc1Nc1ncc(Cl)c(N[C@@H]2CCC[C@H]2N(C)S(C)(=O)=O)n1. The highest BCUT2D eigenvalue weighted by atomic mass is 35.5. The van der Waals surface area contributed by atoms with Crippen LogP contribution in [-0.2, 0) is 10.0 Å². The fraction of sp³-hybridized carbons (Fsp3) is 0.560. The average Bonchev–Trinajstić information content (AvgIpc) is 3.34. The quantitative estimate of drug-likeness (QED) is 0.408. The van der Waals surface area contributed by atoms with E-state index in [1.54, 1.807) is 7.05 Å². The Morgan fingerprint density at radius 2 is 1.95 bits per heavy atom. The predicted octanol–water partition coefficient (Wildman–Crippen LogP) is 3.07. The molecule has 1 saturated carbocycles. The topological polar surface area (TPSA) is 129 Å². The molecule has 1 aromatic carbocycles. The van der Waals surface area contributed by atoms with Crippen molar-refractivity contribution in [2.24, 2.45) is 0 Å². The summed E-state index contributed by atoms with van der Waals surface area (Å²) < 4.78 is 46.0. The van der Waals surface area contributed by atoms with E-state index in [1.807, 2.05) is 7.05 Å². The Hall–Kier alpha value is -2.74. The van der Waals surface area contributed by atoms with Crippen LogP contribution in [-0.4, -0.2) is 92.2 Å². The molecule has 14 heteroatoms. The van der Waals surface area contributed by atoms with E-state index in [1.165, 1.54) is 36.0 Å². The second-order valence-electron chi connectivity index (χ2n) is 10.1. The fourth-order valence-corrected chi connectivity index (χ4v) is 5.91. The molecule has 1 saturated heterocycles. The van der Waals surface area contributed by atoms with E-state index in [9.17, 15) is 13.2 Å². The Balaban J connectivity index is 1.50. The highest BCUT2D eigenvalue weighted by Gasteiger charge is 2.35. The minimum atomic E-state index is -3.37. The van der Waals surface area contributed by atoms with Crippen molar-refractivity contribution in [1.29, 1.82) is 0 Å². The first-order valence-electron chi connectivity index (χ1n) is 12.8. The number of aromatic nitrogens is 2. The fourth-order valence-electron chi connectivity index (χ4n) is 5.02. The van der Waals surface area contributed by atoms with Crippen LogP contribution in [0.15, 0.2) is 18.3 Å². The molecule has 11 nitrogen and oxygen atoms in total. The maximum atomic E-state index is 15.1. The zero-order valence-electron chi connectivity index (χ0n) is 22.5. The van der Waals surface area contributed by atoms with Crippen LogP contribution in [0.5, 0.6) is 5.75 Å². The van der Waals surface area contributed by atoms with Gasteiger partial charge in [-0.25, -0.2) is 22.1 Å². The van der Waals surface area contributed by atoms with Gasteiger partial charge >= 0.3 is 0 Å². The van der Waals surface area contributed by atoms with Crippen molar-refractivity contribution < 1.29 is 22.3 Å². The van der Waals surface area contributed by atoms with Gasteiger partial charge in [-0.3, -0.25) is 4.79 Å². The van der Waals surface area contributed by atoms with Gasteiger partial charge in [0.1, 0.15) is 16.6 Å². The third kappa shape index (κ3) is 7.07. The number of likely N-dealkylation sites (N-methyl/N-ethyl adjacent to an activating group) is 1. The number of nitrogens with one attached hydrogen (secondary N) is 3. The number of hydrogen-bond acceptors (Lipinski definition) is 9. The first-order valence-corrected chi connectivity index (χ1v) is 15.0. The minimum absolute atomic E-state index is 0.0121. The molecule has 1 aromatic heterocycles. The molecule has 4 rings (SSSR count). The number of rotatable bonds is 9. The van der Waals surface area contributed by atoms with Crippen LogP contribution < -0.4 is 20.7 Å². The first-order chi connectivity index (χ1) is 18.5. The van der Waals surface area contributed by atoms with Crippen LogP contribution in [0.1, 0.15) is 42.5 Å². The van der Waals surface area contributed by atoms with Gasteiger partial charge in [-0.2, -0.15) is 4.98 Å². The van der Waals surface area contributed by atoms with E-state index >= 15 is 4.39 Å². The third-order valence-electron chi connectivity index (χ3n) is 7.37. The summed E-state index contributed by atoms with van der Waals surface area (Å²) in [6, 6.07) is 2.06. The van der Waals surface area contributed by atoms with Crippen molar-refractivity contribution in [3.05, 3.63) is 34.7 Å². The molecule has 1 aliphatic carbocycles. The van der Waals surface area contributed by atoms with Crippen molar-refractivity contribution in [2.75, 3.05) is 51.2 Å². The van der Waals surface area contributed by atoms with Gasteiger partial charge < -0.3 is 25.6 Å². The second-order valence-corrected chi connectivity index (χ2v) is 12.6. The predicted molar refractivity (Wildman–Crippen MR) is 149 cm³/mol. The number of benzene rings is 1. The van der Waals surface area contributed by atoms with Gasteiger partial charge in [0.2, 0.25) is 16.0 Å². The highest BCUT2D eigenvalue weighted by Crippen LogP contribution is 2.33. The molecule has 2 atom stereocenters. The van der Waals surface area contributed by atoms with E-state index in [4.69, 9.17) is 16.3 Å². The van der Waals surface area contributed by atoms with Crippen molar-refractivity contribution in [3.63, 3.8) is 0 Å². The number of carbonyl (C=O) groups is 1. The summed E-state index contributed by atoms with van der Waals surface area (Å²) in [6.45, 7) is 1.74. The molecular formula is C25H35ClFN7O4S. The summed E-state index contributed by atoms with van der Waals surface area (Å²) in [7, 11) is 1.65. The highest BCUT2D eigenvalue weighted by molar-refractivity contribution is 7.88. The normalized spacial score (nSPS) is 20.7. The zero-order chi connectivity index (χ0) is 28.3. The number of halogens is 2. The van der Waals surface area contributed by atoms with Crippen molar-refractivity contribution in [1.82, 2.24) is 24.5 Å². The van der Waals surface area contributed by atoms with Gasteiger partial charge in [0.05, 0.1) is 30.8 Å². The van der Waals surface area contributed by atoms with E-state index in [-0.39, 0.29) is 46.1 Å². The Bertz CT molecular complexity index is 1310. The monoisotopic (exact) mass is 583 g/mol. The van der Waals surface area contributed by atoms with Crippen LogP contribution in [0.2, 0.25) is 5.02 Å². The maximum Gasteiger partial charge on any atom is 0.254 e. The molecule has 2 aliphatic rings. The van der Waals surface area contributed by atoms with Gasteiger partial charge in [0, 0.05) is 31.2 Å². The number of ether oxygens (including phenoxy) is 1. The van der Waals surface area contributed by atoms with E-state index in [0.717, 1.165) is 38.8 Å². The van der Waals surface area contributed by atoms with Crippen LogP contribution in [0.25, 0.3) is 0 Å². The molecule has 0 spiro atoms. The van der Waals surface area contributed by atoms with Gasteiger partial charge in [-0.05, 0) is 58.3 Å². The number of anilines is 3. The average molecular weight is 584 g/mol. The number of likely N-dealkylation sites (tertiary alicyclic amines) is 1. The van der Waals surface area contributed by atoms with E-state index in [2.05, 4.69) is 30.8 Å². The summed E-state index contributed by atoms with van der Waals surface area (Å²) in [5, 5.41) is 9.36. The van der Waals surface area contributed by atoms with Crippen molar-refractivity contribution in [3.8, 4) is 5.75 Å². The number of hydrogen-bond donors (Lipinski definition) is 3. The summed E-state index contributed by atoms with van der Waals surface area (Å²) in [4.78, 5) is 23.6. The molecule has 0 radical (unpaired) electrons. The lowest BCUT2D eigenvalue weighted by Crippen LogP contribution is -2.44. The van der Waals surface area contributed by atoms with Crippen molar-refractivity contribution in [2.45, 2.75) is 50.2 Å². The third-order valence-corrected chi connectivity index (χ3v) is 8.96. The number of sulfonamides is 1. The Labute approximate surface area is 233 Å². The number of nitrogens with zero attached hydrogens (tertiary/aromatic N) is 4. The standard InChI is InChI=1S/C25H35ClFN7O4S/c1-33-10-8-15(9-11-33)29-24(35)16-12-22(38-3)20(13-18(16)27)31-25-28-14-17(26)23(32-25)30-19-6-5-7-21(19)34(2)39(4,36)37/h12-15,19,21H,5-11H2,1-4H3,(H,29,35)(H2,28,30,31,32)/t19-,21-/m1/s1. The van der Waals surface area contributed by atoms with Gasteiger partial charge in [0.15, 0.2) is 5.82 Å². The summed E-state index contributed by atoms with van der Waals surface area (Å²) in [5.41, 5.74) is 0.118. The number of methoxy groups -OCH3 is 1. The molecule has 0 bridgehead atoms. The zero-order valence-corrected chi connectivity index (χ0v) is 24.1. The van der Waals surface area contributed by atoms with Crippen molar-refractivity contribution >= 4 is 45.0 Å². The first kappa shape index (κ1) is 29.2. The van der Waals surface area contributed by atoms with Crippen LogP contribution in [0.4, 0.5) is 21.8 Å². The van der Waals surface area contributed by atoms with Crippen LogP contribution in [0.3, 0.4) is 0 Å². The smallest absolute Gasteiger partial charge is 0.254 e. The number of piperidine rings is 1. The lowest BCUT2D eigenvalue weighted by Gasteiger charge is -2.29. The molecular weight excluding hydrogens is 549 g/mol. The summed E-state index contributed by atoms with van der Waals surface area (Å²) in [5.74, 6) is -0.528. The molecule has 214 valence electrons. The summed E-state index contributed by atoms with van der Waals surface area (Å²) >= 11 is 6.34. The molecule has 0 unspecified atom stereocenters. The largest absolute Gasteiger partial charge is 0.495 e. The molecule has 2 fully saturated rings. The Kier molecular flexibility index (Phi) is 9.14. The Morgan fingerprint density at radius 1 is 1.23 bits per heavy atom. The number of carbonyl (C=O) groups excluding carboxylic acids is 1. The lowest BCUT2D eigenvalue weighted by molar-refractivity contribution is 0.0912. The van der Waals surface area contributed by atoms with E-state index < -0.39 is 21.7 Å². The molecule has 1 amide bonds. The van der Waals surface area contributed by atoms with Crippen LogP contribution in [0, 0.1) is 5.82 Å². The van der Waals surface area contributed by atoms with Gasteiger partial charge in [-0.1, -0.05) is 11.6 Å². The minimum Gasteiger partial charge on any atom is -0.495 e. The van der Waals surface area contributed by atoms with Gasteiger partial charge in [0.25, 0.3) is 5.91 Å². The Morgan fingerprint density at radius 3 is 2.62 bits per heavy atom. The molecule has 3 N–H and O–H groups in total. The molecule has 2 aromatic rings. The molecule has 39 heavy (non-hydrogen) atoms. The number of amides is 1. The maximum absolute atomic E-state index is 15.1. The van der Waals surface area contributed by atoms with Gasteiger partial charge in [-0.15, -0.1) is 0 Å².